The van der Waals surface area contributed by atoms with Crippen molar-refractivity contribution in [1.82, 2.24) is 0 Å². The lowest BCUT2D eigenvalue weighted by molar-refractivity contribution is -0.117. The van der Waals surface area contributed by atoms with Crippen molar-refractivity contribution < 1.29 is 9.53 Å². The van der Waals surface area contributed by atoms with Gasteiger partial charge in [-0.05, 0) is 31.0 Å². The number of rotatable bonds is 8. The number of hydrogen-bond donors (Lipinski definition) is 2. The second-order valence-corrected chi connectivity index (χ2v) is 4.61. The van der Waals surface area contributed by atoms with Crippen molar-refractivity contribution in [1.29, 1.82) is 0 Å². The molecule has 0 aliphatic rings. The lowest BCUT2D eigenvalue weighted by atomic mass is 10.0. The third-order valence-electron chi connectivity index (χ3n) is 3.01. The Balaban J connectivity index is 2.62. The van der Waals surface area contributed by atoms with Gasteiger partial charge in [-0.15, -0.1) is 0 Å². The summed E-state index contributed by atoms with van der Waals surface area (Å²) in [5, 5.41) is 2.90. The molecule has 19 heavy (non-hydrogen) atoms. The normalized spacial score (nSPS) is 11.9. The minimum atomic E-state index is -0.00940. The van der Waals surface area contributed by atoms with E-state index in [1.807, 2.05) is 38.1 Å². The number of anilines is 1. The number of hydrogen-bond acceptors (Lipinski definition) is 3. The topological polar surface area (TPSA) is 64.3 Å². The van der Waals surface area contributed by atoms with Crippen molar-refractivity contribution in [2.45, 2.75) is 33.1 Å². The molecule has 3 N–H and O–H groups in total. The van der Waals surface area contributed by atoms with Crippen LogP contribution in [0.25, 0.3) is 0 Å². The minimum Gasteiger partial charge on any atom is -0.491 e. The van der Waals surface area contributed by atoms with Crippen LogP contribution in [-0.4, -0.2) is 19.1 Å². The molecule has 0 radical (unpaired) electrons. The highest BCUT2D eigenvalue weighted by Crippen LogP contribution is 2.24. The quantitative estimate of drug-likeness (QED) is 0.759. The van der Waals surface area contributed by atoms with Crippen molar-refractivity contribution in [2.24, 2.45) is 11.7 Å². The van der Waals surface area contributed by atoms with Crippen LogP contribution in [0.15, 0.2) is 24.3 Å². The maximum absolute atomic E-state index is 11.9. The van der Waals surface area contributed by atoms with Crippen LogP contribution in [0.1, 0.15) is 33.1 Å². The summed E-state index contributed by atoms with van der Waals surface area (Å²) in [6.07, 6.45) is 2.31. The summed E-state index contributed by atoms with van der Waals surface area (Å²) in [6.45, 7) is 5.28. The summed E-state index contributed by atoms with van der Waals surface area (Å²) in [5.41, 5.74) is 6.35. The van der Waals surface area contributed by atoms with Crippen LogP contribution in [-0.2, 0) is 4.79 Å². The standard InChI is InChI=1S/C15H24N2O2/c1-3-9-19-14-8-6-5-7-13(14)17-15(18)10-12(4-2)11-16/h5-8,12H,3-4,9-11,16H2,1-2H3,(H,17,18). The summed E-state index contributed by atoms with van der Waals surface area (Å²) < 4.78 is 5.61. The Kier molecular flexibility index (Phi) is 6.97. The van der Waals surface area contributed by atoms with Gasteiger partial charge in [0, 0.05) is 6.42 Å². The van der Waals surface area contributed by atoms with Gasteiger partial charge in [-0.2, -0.15) is 0 Å². The lowest BCUT2D eigenvalue weighted by Gasteiger charge is -2.14. The van der Waals surface area contributed by atoms with Crippen LogP contribution in [0.4, 0.5) is 5.69 Å². The molecule has 0 aliphatic carbocycles. The van der Waals surface area contributed by atoms with Gasteiger partial charge in [-0.25, -0.2) is 0 Å². The Labute approximate surface area is 115 Å². The van der Waals surface area contributed by atoms with Gasteiger partial charge in [-0.3, -0.25) is 4.79 Å². The molecule has 0 saturated heterocycles. The van der Waals surface area contributed by atoms with Crippen molar-refractivity contribution >= 4 is 11.6 Å². The average molecular weight is 264 g/mol. The maximum Gasteiger partial charge on any atom is 0.224 e. The summed E-state index contributed by atoms with van der Waals surface area (Å²) in [5.74, 6) is 0.951. The molecule has 1 atom stereocenters. The number of nitrogens with two attached hydrogens (primary N) is 1. The van der Waals surface area contributed by atoms with Crippen molar-refractivity contribution in [3.63, 3.8) is 0 Å². The Bertz CT molecular complexity index is 389. The number of nitrogens with one attached hydrogen (secondary N) is 1. The van der Waals surface area contributed by atoms with Gasteiger partial charge in [0.15, 0.2) is 0 Å². The van der Waals surface area contributed by atoms with E-state index in [0.717, 1.165) is 24.3 Å². The van der Waals surface area contributed by atoms with Crippen LogP contribution in [0.3, 0.4) is 0 Å². The van der Waals surface area contributed by atoms with E-state index in [1.165, 1.54) is 0 Å². The molecule has 1 unspecified atom stereocenters. The number of benzene rings is 1. The van der Waals surface area contributed by atoms with Crippen molar-refractivity contribution in [2.75, 3.05) is 18.5 Å². The minimum absolute atomic E-state index is 0.00940. The third-order valence-corrected chi connectivity index (χ3v) is 3.01. The highest BCUT2D eigenvalue weighted by molar-refractivity contribution is 5.92. The van der Waals surface area contributed by atoms with E-state index in [2.05, 4.69) is 5.32 Å². The van der Waals surface area contributed by atoms with Gasteiger partial charge < -0.3 is 15.8 Å². The van der Waals surface area contributed by atoms with Crippen LogP contribution >= 0.6 is 0 Å². The maximum atomic E-state index is 11.9. The Morgan fingerprint density at radius 2 is 2.11 bits per heavy atom. The Morgan fingerprint density at radius 1 is 1.37 bits per heavy atom. The zero-order valence-electron chi connectivity index (χ0n) is 11.8. The number of carbonyl (C=O) groups excluding carboxylic acids is 1. The first kappa shape index (κ1) is 15.5. The molecule has 1 aromatic carbocycles. The van der Waals surface area contributed by atoms with Crippen molar-refractivity contribution in [3.8, 4) is 5.75 Å². The molecule has 4 heteroatoms. The fourth-order valence-electron chi connectivity index (χ4n) is 1.77. The number of carbonyl (C=O) groups is 1. The molecule has 0 aliphatic heterocycles. The van der Waals surface area contributed by atoms with Crippen molar-refractivity contribution in [3.05, 3.63) is 24.3 Å². The van der Waals surface area contributed by atoms with E-state index < -0.39 is 0 Å². The Hall–Kier alpha value is -1.55. The van der Waals surface area contributed by atoms with Crippen LogP contribution < -0.4 is 15.8 Å². The van der Waals surface area contributed by atoms with E-state index in [-0.39, 0.29) is 11.8 Å². The molecule has 1 amide bonds. The highest BCUT2D eigenvalue weighted by atomic mass is 16.5. The Morgan fingerprint density at radius 3 is 2.74 bits per heavy atom. The largest absolute Gasteiger partial charge is 0.491 e. The molecular formula is C15H24N2O2. The molecule has 0 spiro atoms. The first-order chi connectivity index (χ1) is 9.21. The van der Waals surface area contributed by atoms with E-state index >= 15 is 0 Å². The SMILES string of the molecule is CCCOc1ccccc1NC(=O)CC(CC)CN. The molecule has 4 nitrogen and oxygen atoms in total. The number of ether oxygens (including phenoxy) is 1. The molecule has 1 aromatic rings. The van der Waals surface area contributed by atoms with Gasteiger partial charge in [0.05, 0.1) is 12.3 Å². The molecule has 0 bridgehead atoms. The second kappa shape index (κ2) is 8.53. The van der Waals surface area contributed by atoms with Crippen LogP contribution in [0.2, 0.25) is 0 Å². The molecule has 0 heterocycles. The lowest BCUT2D eigenvalue weighted by Crippen LogP contribution is -2.22. The molecule has 0 saturated carbocycles. The van der Waals surface area contributed by atoms with Gasteiger partial charge in [0.2, 0.25) is 5.91 Å². The van der Waals surface area contributed by atoms with E-state index in [0.29, 0.717) is 19.6 Å². The monoisotopic (exact) mass is 264 g/mol. The molecule has 1 rings (SSSR count). The average Bonchev–Trinajstić information content (AvgIpc) is 2.43. The molecule has 0 fully saturated rings. The van der Waals surface area contributed by atoms with Crippen LogP contribution in [0, 0.1) is 5.92 Å². The smallest absolute Gasteiger partial charge is 0.224 e. The van der Waals surface area contributed by atoms with Gasteiger partial charge in [0.25, 0.3) is 0 Å². The first-order valence-electron chi connectivity index (χ1n) is 6.93. The number of amides is 1. The predicted octanol–water partition coefficient (Wildman–Crippen LogP) is 2.79. The summed E-state index contributed by atoms with van der Waals surface area (Å²) in [7, 11) is 0. The van der Waals surface area contributed by atoms with Gasteiger partial charge >= 0.3 is 0 Å². The predicted molar refractivity (Wildman–Crippen MR) is 78.3 cm³/mol. The van der Waals surface area contributed by atoms with Crippen LogP contribution in [0.5, 0.6) is 5.75 Å². The zero-order valence-corrected chi connectivity index (χ0v) is 11.8. The van der Waals surface area contributed by atoms with E-state index in [1.54, 1.807) is 0 Å². The molecule has 106 valence electrons. The van der Waals surface area contributed by atoms with E-state index in [9.17, 15) is 4.79 Å². The summed E-state index contributed by atoms with van der Waals surface area (Å²) in [4.78, 5) is 11.9. The fourth-order valence-corrected chi connectivity index (χ4v) is 1.77. The first-order valence-corrected chi connectivity index (χ1v) is 6.93. The van der Waals surface area contributed by atoms with E-state index in [4.69, 9.17) is 10.5 Å². The fraction of sp³-hybridized carbons (Fsp3) is 0.533. The third kappa shape index (κ3) is 5.30. The van der Waals surface area contributed by atoms with Gasteiger partial charge in [0.1, 0.15) is 5.75 Å². The highest BCUT2D eigenvalue weighted by Gasteiger charge is 2.12. The summed E-state index contributed by atoms with van der Waals surface area (Å²) >= 11 is 0. The summed E-state index contributed by atoms with van der Waals surface area (Å²) in [6, 6.07) is 7.50. The molecular weight excluding hydrogens is 240 g/mol. The molecule has 0 aromatic heterocycles. The second-order valence-electron chi connectivity index (χ2n) is 4.61. The van der Waals surface area contributed by atoms with Gasteiger partial charge in [-0.1, -0.05) is 32.4 Å². The number of para-hydroxylation sites is 2. The zero-order chi connectivity index (χ0) is 14.1.